The number of benzene rings is 1. The number of nitrogens with one attached hydrogen (secondary N) is 1. The van der Waals surface area contributed by atoms with Crippen LogP contribution in [0.5, 0.6) is 0 Å². The molecule has 0 aliphatic heterocycles. The van der Waals surface area contributed by atoms with Crippen molar-refractivity contribution in [1.29, 1.82) is 0 Å². The van der Waals surface area contributed by atoms with Gasteiger partial charge in [0.05, 0.1) is 16.1 Å². The molecule has 1 aromatic heterocycles. The van der Waals surface area contributed by atoms with Crippen LogP contribution in [0.15, 0.2) is 18.2 Å². The van der Waals surface area contributed by atoms with Gasteiger partial charge in [0.2, 0.25) is 0 Å². The minimum absolute atomic E-state index is 0.125. The van der Waals surface area contributed by atoms with Crippen LogP contribution in [0.4, 0.5) is 0 Å². The van der Waals surface area contributed by atoms with Gasteiger partial charge in [-0.3, -0.25) is 0 Å². The lowest BCUT2D eigenvalue weighted by molar-refractivity contribution is 0.335. The first-order valence-corrected chi connectivity index (χ1v) is 6.80. The lowest BCUT2D eigenvalue weighted by atomic mass is 10.0. The van der Waals surface area contributed by atoms with Gasteiger partial charge in [-0.25, -0.2) is 0 Å². The molecule has 1 aromatic carbocycles. The van der Waals surface area contributed by atoms with Crippen molar-refractivity contribution in [3.63, 3.8) is 0 Å². The fourth-order valence-electron chi connectivity index (χ4n) is 2.99. The maximum atomic E-state index is 6.33. The number of imidazole rings is 1. The van der Waals surface area contributed by atoms with Gasteiger partial charge in [0.1, 0.15) is 0 Å². The molecule has 0 saturated heterocycles. The molecular formula is C13H15ClN2S. The second-order valence-electron chi connectivity index (χ2n) is 5.11. The number of para-hydroxylation sites is 1. The zero-order valence-electron chi connectivity index (χ0n) is 9.79. The quantitative estimate of drug-likeness (QED) is 0.746. The van der Waals surface area contributed by atoms with Crippen molar-refractivity contribution >= 4 is 34.9 Å². The highest BCUT2D eigenvalue weighted by Gasteiger charge is 2.32. The molecule has 2 aromatic rings. The van der Waals surface area contributed by atoms with Gasteiger partial charge in [0, 0.05) is 5.54 Å². The van der Waals surface area contributed by atoms with E-state index in [1.165, 1.54) is 25.7 Å². The number of aromatic nitrogens is 2. The molecule has 0 amide bonds. The van der Waals surface area contributed by atoms with E-state index in [4.69, 9.17) is 23.8 Å². The number of aromatic amines is 1. The van der Waals surface area contributed by atoms with Gasteiger partial charge in [-0.1, -0.05) is 30.5 Å². The minimum atomic E-state index is 0.125. The van der Waals surface area contributed by atoms with Gasteiger partial charge in [-0.05, 0) is 44.1 Å². The summed E-state index contributed by atoms with van der Waals surface area (Å²) in [6.07, 6.45) is 4.91. The zero-order valence-corrected chi connectivity index (χ0v) is 11.4. The predicted octanol–water partition coefficient (Wildman–Crippen LogP) is 4.64. The van der Waals surface area contributed by atoms with Crippen molar-refractivity contribution in [2.75, 3.05) is 0 Å². The van der Waals surface area contributed by atoms with E-state index in [0.29, 0.717) is 0 Å². The van der Waals surface area contributed by atoms with E-state index in [1.54, 1.807) is 0 Å². The van der Waals surface area contributed by atoms with E-state index in [0.717, 1.165) is 20.8 Å². The van der Waals surface area contributed by atoms with E-state index < -0.39 is 0 Å². The molecule has 90 valence electrons. The Balaban J connectivity index is 2.35. The lowest BCUT2D eigenvalue weighted by Crippen LogP contribution is -2.26. The second-order valence-corrected chi connectivity index (χ2v) is 5.90. The number of hydrogen-bond donors (Lipinski definition) is 1. The van der Waals surface area contributed by atoms with Gasteiger partial charge in [0.15, 0.2) is 4.77 Å². The van der Waals surface area contributed by atoms with Gasteiger partial charge >= 0.3 is 0 Å². The summed E-state index contributed by atoms with van der Waals surface area (Å²) in [7, 11) is 0. The standard InChI is InChI=1S/C13H15ClN2S/c1-13(7-2-3-8-13)16-11-9(14)5-4-6-10(11)15-12(16)17/h4-6H,2-3,7-8H2,1H3,(H,15,17). The van der Waals surface area contributed by atoms with Gasteiger partial charge < -0.3 is 9.55 Å². The molecule has 0 bridgehead atoms. The smallest absolute Gasteiger partial charge is 0.178 e. The van der Waals surface area contributed by atoms with Crippen LogP contribution in [0.2, 0.25) is 5.02 Å². The first-order chi connectivity index (χ1) is 8.12. The van der Waals surface area contributed by atoms with Crippen molar-refractivity contribution in [3.05, 3.63) is 28.0 Å². The number of rotatable bonds is 1. The van der Waals surface area contributed by atoms with Crippen LogP contribution in [0, 0.1) is 4.77 Å². The number of nitrogens with zero attached hydrogens (tertiary/aromatic N) is 1. The summed E-state index contributed by atoms with van der Waals surface area (Å²) < 4.78 is 3.02. The monoisotopic (exact) mass is 266 g/mol. The predicted molar refractivity (Wildman–Crippen MR) is 74.2 cm³/mol. The summed E-state index contributed by atoms with van der Waals surface area (Å²) in [5.41, 5.74) is 2.22. The Morgan fingerprint density at radius 1 is 1.35 bits per heavy atom. The van der Waals surface area contributed by atoms with E-state index in [9.17, 15) is 0 Å². The topological polar surface area (TPSA) is 20.7 Å². The van der Waals surface area contributed by atoms with E-state index in [-0.39, 0.29) is 5.54 Å². The fourth-order valence-corrected chi connectivity index (χ4v) is 3.67. The molecule has 1 N–H and O–H groups in total. The molecule has 0 atom stereocenters. The van der Waals surface area contributed by atoms with Gasteiger partial charge in [-0.15, -0.1) is 0 Å². The van der Waals surface area contributed by atoms with Gasteiger partial charge in [-0.2, -0.15) is 0 Å². The molecule has 4 heteroatoms. The highest BCUT2D eigenvalue weighted by molar-refractivity contribution is 7.71. The maximum Gasteiger partial charge on any atom is 0.178 e. The summed E-state index contributed by atoms with van der Waals surface area (Å²) in [6.45, 7) is 2.28. The third kappa shape index (κ3) is 1.64. The molecule has 0 unspecified atom stereocenters. The molecule has 1 saturated carbocycles. The molecule has 1 heterocycles. The molecule has 2 nitrogen and oxygen atoms in total. The van der Waals surface area contributed by atoms with Crippen LogP contribution in [0.25, 0.3) is 11.0 Å². The van der Waals surface area contributed by atoms with Crippen molar-refractivity contribution < 1.29 is 0 Å². The van der Waals surface area contributed by atoms with Crippen molar-refractivity contribution in [2.45, 2.75) is 38.1 Å². The summed E-state index contributed by atoms with van der Waals surface area (Å²) in [5, 5.41) is 0.781. The summed E-state index contributed by atoms with van der Waals surface area (Å²) >= 11 is 11.8. The zero-order chi connectivity index (χ0) is 12.0. The summed E-state index contributed by atoms with van der Waals surface area (Å²) in [4.78, 5) is 3.26. The van der Waals surface area contributed by atoms with Crippen LogP contribution >= 0.6 is 23.8 Å². The Morgan fingerprint density at radius 2 is 2.06 bits per heavy atom. The highest BCUT2D eigenvalue weighted by Crippen LogP contribution is 2.39. The largest absolute Gasteiger partial charge is 0.331 e. The first kappa shape index (κ1) is 11.3. The Bertz CT molecular complexity index is 620. The SMILES string of the molecule is CC1(n2c(=S)[nH]c3cccc(Cl)c32)CCCC1. The van der Waals surface area contributed by atoms with Crippen LogP contribution in [0.1, 0.15) is 32.6 Å². The van der Waals surface area contributed by atoms with Crippen LogP contribution in [-0.2, 0) is 5.54 Å². The first-order valence-electron chi connectivity index (χ1n) is 6.02. The number of hydrogen-bond acceptors (Lipinski definition) is 1. The molecule has 1 aliphatic carbocycles. The third-order valence-electron chi connectivity index (χ3n) is 3.88. The molecule has 1 fully saturated rings. The van der Waals surface area contributed by atoms with Crippen molar-refractivity contribution in [1.82, 2.24) is 9.55 Å². The van der Waals surface area contributed by atoms with Crippen LogP contribution < -0.4 is 0 Å². The maximum absolute atomic E-state index is 6.33. The highest BCUT2D eigenvalue weighted by atomic mass is 35.5. The van der Waals surface area contributed by atoms with E-state index >= 15 is 0 Å². The minimum Gasteiger partial charge on any atom is -0.331 e. The van der Waals surface area contributed by atoms with Crippen molar-refractivity contribution in [3.8, 4) is 0 Å². The van der Waals surface area contributed by atoms with Crippen LogP contribution in [0.3, 0.4) is 0 Å². The molecule has 1 aliphatic rings. The molecule has 0 spiro atoms. The van der Waals surface area contributed by atoms with E-state index in [2.05, 4.69) is 16.5 Å². The lowest BCUT2D eigenvalue weighted by Gasteiger charge is -2.26. The molecule has 17 heavy (non-hydrogen) atoms. The second kappa shape index (κ2) is 3.85. The number of halogens is 1. The average molecular weight is 267 g/mol. The number of fused-ring (bicyclic) bond motifs is 1. The summed E-state index contributed by atoms with van der Waals surface area (Å²) in [5.74, 6) is 0. The normalized spacial score (nSPS) is 18.9. The Morgan fingerprint density at radius 3 is 2.76 bits per heavy atom. The third-order valence-corrected chi connectivity index (χ3v) is 4.47. The summed E-state index contributed by atoms with van der Waals surface area (Å²) in [6, 6.07) is 5.92. The Labute approximate surface area is 111 Å². The average Bonchev–Trinajstić information content (AvgIpc) is 2.83. The Hall–Kier alpha value is -0.800. The van der Waals surface area contributed by atoms with E-state index in [1.807, 2.05) is 18.2 Å². The fraction of sp³-hybridized carbons (Fsp3) is 0.462. The molecule has 3 rings (SSSR count). The molecule has 0 radical (unpaired) electrons. The van der Waals surface area contributed by atoms with Gasteiger partial charge in [0.25, 0.3) is 0 Å². The number of H-pyrrole nitrogens is 1. The molecular weight excluding hydrogens is 252 g/mol. The van der Waals surface area contributed by atoms with Crippen LogP contribution in [-0.4, -0.2) is 9.55 Å². The Kier molecular flexibility index (Phi) is 2.56. The van der Waals surface area contributed by atoms with Crippen molar-refractivity contribution in [2.24, 2.45) is 0 Å².